The second-order valence-corrected chi connectivity index (χ2v) is 12.9. The molecule has 2 amide bonds. The summed E-state index contributed by atoms with van der Waals surface area (Å²) in [5.41, 5.74) is 1.68. The van der Waals surface area contributed by atoms with Crippen LogP contribution in [-0.4, -0.2) is 49.5 Å². The summed E-state index contributed by atoms with van der Waals surface area (Å²) in [6, 6.07) is 11.6. The first-order chi connectivity index (χ1) is 17.1. The van der Waals surface area contributed by atoms with E-state index in [1.54, 1.807) is 35.2 Å². The Bertz CT molecular complexity index is 1210. The van der Waals surface area contributed by atoms with Gasteiger partial charge >= 0.3 is 0 Å². The first-order valence-electron chi connectivity index (χ1n) is 12.2. The summed E-state index contributed by atoms with van der Waals surface area (Å²) >= 11 is 12.3. The molecule has 0 saturated carbocycles. The predicted molar refractivity (Wildman–Crippen MR) is 152 cm³/mol. The van der Waals surface area contributed by atoms with Crippen molar-refractivity contribution < 1.29 is 18.0 Å². The minimum absolute atomic E-state index is 0.0680. The molecule has 2 aromatic rings. The number of hydrogen-bond acceptors (Lipinski definition) is 4. The van der Waals surface area contributed by atoms with E-state index in [1.807, 2.05) is 46.8 Å². The average molecular weight is 571 g/mol. The van der Waals surface area contributed by atoms with E-state index in [0.29, 0.717) is 22.2 Å². The van der Waals surface area contributed by atoms with Gasteiger partial charge in [0.25, 0.3) is 0 Å². The van der Waals surface area contributed by atoms with Gasteiger partial charge in [-0.05, 0) is 69.9 Å². The van der Waals surface area contributed by atoms with Gasteiger partial charge in [-0.25, -0.2) is 8.42 Å². The molecule has 7 nitrogen and oxygen atoms in total. The number of halogens is 2. The molecule has 0 aliphatic heterocycles. The fourth-order valence-corrected chi connectivity index (χ4v) is 5.38. The van der Waals surface area contributed by atoms with Crippen LogP contribution in [0.1, 0.15) is 58.1 Å². The maximum absolute atomic E-state index is 13.5. The smallest absolute Gasteiger partial charge is 0.243 e. The van der Waals surface area contributed by atoms with Gasteiger partial charge in [-0.1, -0.05) is 54.4 Å². The molecule has 1 N–H and O–H groups in total. The molecule has 0 aliphatic carbocycles. The van der Waals surface area contributed by atoms with E-state index in [-0.39, 0.29) is 37.7 Å². The highest BCUT2D eigenvalue weighted by atomic mass is 35.5. The molecule has 0 bridgehead atoms. The van der Waals surface area contributed by atoms with Crippen LogP contribution >= 0.6 is 23.2 Å². The Hall–Kier alpha value is -2.29. The number of rotatable bonds is 11. The van der Waals surface area contributed by atoms with E-state index in [1.165, 1.54) is 4.31 Å². The zero-order chi connectivity index (χ0) is 28.0. The van der Waals surface area contributed by atoms with Gasteiger partial charge < -0.3 is 10.2 Å². The summed E-state index contributed by atoms with van der Waals surface area (Å²) in [7, 11) is -3.55. The topological polar surface area (TPSA) is 86.8 Å². The summed E-state index contributed by atoms with van der Waals surface area (Å²) in [6.45, 7) is 9.65. The number of hydrogen-bond donors (Lipinski definition) is 1. The summed E-state index contributed by atoms with van der Waals surface area (Å²) in [5.74, 6) is -0.499. The molecule has 2 rings (SSSR count). The summed E-state index contributed by atoms with van der Waals surface area (Å²) in [5, 5.41) is 3.73. The molecule has 0 spiro atoms. The van der Waals surface area contributed by atoms with Crippen LogP contribution in [-0.2, 0) is 26.2 Å². The van der Waals surface area contributed by atoms with Gasteiger partial charge in [0.1, 0.15) is 6.04 Å². The molecule has 0 unspecified atom stereocenters. The average Bonchev–Trinajstić information content (AvgIpc) is 2.77. The number of sulfonamides is 1. The highest BCUT2D eigenvalue weighted by molar-refractivity contribution is 7.92. The quantitative estimate of drug-likeness (QED) is 0.383. The number of carbonyl (C=O) groups is 2. The molecular weight excluding hydrogens is 533 g/mol. The molecule has 0 radical (unpaired) electrons. The minimum Gasteiger partial charge on any atom is -0.350 e. The van der Waals surface area contributed by atoms with E-state index in [9.17, 15) is 18.0 Å². The van der Waals surface area contributed by atoms with E-state index < -0.39 is 21.6 Å². The molecule has 1 atom stereocenters. The van der Waals surface area contributed by atoms with Crippen molar-refractivity contribution in [3.8, 4) is 0 Å². The number of aryl methyl sites for hydroxylation is 1. The van der Waals surface area contributed by atoms with Crippen LogP contribution in [0.4, 0.5) is 5.69 Å². The third kappa shape index (κ3) is 9.20. The van der Waals surface area contributed by atoms with E-state index >= 15 is 0 Å². The van der Waals surface area contributed by atoms with Crippen molar-refractivity contribution >= 4 is 50.7 Å². The summed E-state index contributed by atoms with van der Waals surface area (Å²) in [4.78, 5) is 28.2. The van der Waals surface area contributed by atoms with Crippen molar-refractivity contribution in [1.29, 1.82) is 0 Å². The van der Waals surface area contributed by atoms with Crippen LogP contribution in [0.25, 0.3) is 0 Å². The second-order valence-electron chi connectivity index (χ2n) is 10.2. The lowest BCUT2D eigenvalue weighted by Gasteiger charge is -2.33. The van der Waals surface area contributed by atoms with Crippen LogP contribution < -0.4 is 9.62 Å². The molecule has 0 saturated heterocycles. The van der Waals surface area contributed by atoms with Crippen LogP contribution in [0.15, 0.2) is 42.5 Å². The van der Waals surface area contributed by atoms with Gasteiger partial charge in [0.15, 0.2) is 0 Å². The van der Waals surface area contributed by atoms with Gasteiger partial charge in [-0.3, -0.25) is 13.9 Å². The third-order valence-electron chi connectivity index (χ3n) is 5.76. The third-order valence-corrected chi connectivity index (χ3v) is 7.68. The van der Waals surface area contributed by atoms with Gasteiger partial charge in [0.05, 0.1) is 22.0 Å². The molecule has 0 fully saturated rings. The van der Waals surface area contributed by atoms with Gasteiger partial charge in [-0.15, -0.1) is 0 Å². The van der Waals surface area contributed by atoms with Crippen molar-refractivity contribution in [3.63, 3.8) is 0 Å². The van der Waals surface area contributed by atoms with Crippen LogP contribution in [0.3, 0.4) is 0 Å². The molecule has 37 heavy (non-hydrogen) atoms. The van der Waals surface area contributed by atoms with Crippen molar-refractivity contribution in [2.24, 2.45) is 0 Å². The molecule has 2 aromatic carbocycles. The molecular formula is C27H37Cl2N3O4S. The zero-order valence-electron chi connectivity index (χ0n) is 22.3. The Morgan fingerprint density at radius 3 is 2.24 bits per heavy atom. The lowest BCUT2D eigenvalue weighted by Crippen LogP contribution is -2.53. The highest BCUT2D eigenvalue weighted by Gasteiger charge is 2.31. The molecule has 204 valence electrons. The Labute approximate surface area is 231 Å². The van der Waals surface area contributed by atoms with E-state index in [0.717, 1.165) is 17.4 Å². The molecule has 0 aromatic heterocycles. The van der Waals surface area contributed by atoms with E-state index in [2.05, 4.69) is 5.32 Å². The summed E-state index contributed by atoms with van der Waals surface area (Å²) in [6.07, 6.45) is 1.92. The fraction of sp³-hybridized carbons (Fsp3) is 0.481. The zero-order valence-corrected chi connectivity index (χ0v) is 24.7. The Balaban J connectivity index is 2.28. The Kier molecular flexibility index (Phi) is 10.9. The van der Waals surface area contributed by atoms with Crippen molar-refractivity contribution in [2.45, 2.75) is 72.0 Å². The second kappa shape index (κ2) is 13.0. The largest absolute Gasteiger partial charge is 0.350 e. The van der Waals surface area contributed by atoms with Crippen molar-refractivity contribution in [1.82, 2.24) is 10.2 Å². The molecule has 0 aliphatic rings. The number of nitrogens with one attached hydrogen (secondary N) is 1. The Morgan fingerprint density at radius 1 is 1.05 bits per heavy atom. The molecule has 0 heterocycles. The monoisotopic (exact) mass is 569 g/mol. The van der Waals surface area contributed by atoms with Crippen molar-refractivity contribution in [3.05, 3.63) is 63.6 Å². The standard InChI is InChI=1S/C27H37Cl2N3O4S/c1-7-23(26(34)30-27(3,4)5)31(18-20-14-15-21(28)22(29)17-20)25(33)13-10-16-32(37(6,35)36)24-12-9-8-11-19(24)2/h8-9,11-12,14-15,17,23H,7,10,13,16,18H2,1-6H3,(H,30,34)/t23-/m0/s1. The van der Waals surface area contributed by atoms with Gasteiger partial charge in [-0.2, -0.15) is 0 Å². The minimum atomic E-state index is -3.55. The normalized spacial score (nSPS) is 12.6. The maximum Gasteiger partial charge on any atom is 0.243 e. The van der Waals surface area contributed by atoms with Gasteiger partial charge in [0.2, 0.25) is 21.8 Å². The van der Waals surface area contributed by atoms with E-state index in [4.69, 9.17) is 23.2 Å². The van der Waals surface area contributed by atoms with Crippen LogP contribution in [0.2, 0.25) is 10.0 Å². The van der Waals surface area contributed by atoms with Crippen LogP contribution in [0.5, 0.6) is 0 Å². The van der Waals surface area contributed by atoms with Crippen molar-refractivity contribution in [2.75, 3.05) is 17.1 Å². The number of nitrogens with zero attached hydrogens (tertiary/aromatic N) is 2. The first kappa shape index (κ1) is 30.9. The van der Waals surface area contributed by atoms with Gasteiger partial charge in [0, 0.05) is 25.0 Å². The maximum atomic E-state index is 13.5. The van der Waals surface area contributed by atoms with Crippen LogP contribution in [0, 0.1) is 6.92 Å². The number of carbonyl (C=O) groups excluding carboxylic acids is 2. The predicted octanol–water partition coefficient (Wildman–Crippen LogP) is 5.57. The Morgan fingerprint density at radius 2 is 1.70 bits per heavy atom. The lowest BCUT2D eigenvalue weighted by molar-refractivity contribution is -0.142. The number of para-hydroxylation sites is 1. The number of amides is 2. The lowest BCUT2D eigenvalue weighted by atomic mass is 10.0. The fourth-order valence-electron chi connectivity index (χ4n) is 4.03. The number of anilines is 1. The molecule has 10 heteroatoms. The SMILES string of the molecule is CC[C@@H](C(=O)NC(C)(C)C)N(Cc1ccc(Cl)c(Cl)c1)C(=O)CCCN(c1ccccc1C)S(C)(=O)=O. The summed E-state index contributed by atoms with van der Waals surface area (Å²) < 4.78 is 26.4. The highest BCUT2D eigenvalue weighted by Crippen LogP contribution is 2.25. The first-order valence-corrected chi connectivity index (χ1v) is 14.8. The number of benzene rings is 2.